The molecule has 0 fully saturated rings. The van der Waals surface area contributed by atoms with Crippen molar-refractivity contribution in [2.75, 3.05) is 14.2 Å². The first-order chi connectivity index (χ1) is 11.6. The van der Waals surface area contributed by atoms with Crippen LogP contribution in [0.3, 0.4) is 0 Å². The van der Waals surface area contributed by atoms with Crippen LogP contribution in [0.15, 0.2) is 51.7 Å². The molecule has 24 heavy (non-hydrogen) atoms. The van der Waals surface area contributed by atoms with Gasteiger partial charge in [0, 0.05) is 5.56 Å². The molecule has 0 spiro atoms. The van der Waals surface area contributed by atoms with Crippen molar-refractivity contribution in [2.24, 2.45) is 0 Å². The van der Waals surface area contributed by atoms with Crippen molar-refractivity contribution in [1.82, 2.24) is 0 Å². The van der Waals surface area contributed by atoms with Gasteiger partial charge in [0.25, 0.3) is 0 Å². The molecule has 0 unspecified atom stereocenters. The van der Waals surface area contributed by atoms with E-state index in [1.165, 1.54) is 7.11 Å². The number of hydrogen-bond acceptors (Lipinski definition) is 5. The van der Waals surface area contributed by atoms with E-state index in [9.17, 15) is 9.59 Å². The first-order valence-corrected chi connectivity index (χ1v) is 7.36. The molecule has 3 aromatic rings. The lowest BCUT2D eigenvalue weighted by Gasteiger charge is -2.11. The molecule has 3 rings (SSSR count). The fraction of sp³-hybridized carbons (Fsp3) is 0.158. The SMILES string of the molecule is COC(=O)c1c(-c2ccc(C)c(OC)c2)oc2ccccc2c1=O. The fourth-order valence-corrected chi connectivity index (χ4v) is 2.59. The highest BCUT2D eigenvalue weighted by Gasteiger charge is 2.23. The van der Waals surface area contributed by atoms with Gasteiger partial charge in [0.2, 0.25) is 5.43 Å². The number of ether oxygens (including phenoxy) is 2. The van der Waals surface area contributed by atoms with Gasteiger partial charge in [0.1, 0.15) is 11.3 Å². The molecule has 0 aliphatic rings. The molecule has 0 amide bonds. The summed E-state index contributed by atoms with van der Waals surface area (Å²) >= 11 is 0. The van der Waals surface area contributed by atoms with Crippen LogP contribution >= 0.6 is 0 Å². The normalized spacial score (nSPS) is 10.6. The number of hydrogen-bond donors (Lipinski definition) is 0. The maximum Gasteiger partial charge on any atom is 0.345 e. The second-order valence-corrected chi connectivity index (χ2v) is 5.31. The molecular weight excluding hydrogens is 308 g/mol. The molecule has 5 nitrogen and oxygen atoms in total. The van der Waals surface area contributed by atoms with Crippen LogP contribution in [0.4, 0.5) is 0 Å². The average molecular weight is 324 g/mol. The summed E-state index contributed by atoms with van der Waals surface area (Å²) in [5.74, 6) is 0.0759. The summed E-state index contributed by atoms with van der Waals surface area (Å²) in [7, 11) is 2.79. The quantitative estimate of drug-likeness (QED) is 0.689. The Balaban J connectivity index is 2.38. The number of methoxy groups -OCH3 is 2. The number of esters is 1. The van der Waals surface area contributed by atoms with E-state index in [0.717, 1.165) is 5.56 Å². The zero-order valence-electron chi connectivity index (χ0n) is 13.6. The molecule has 0 N–H and O–H groups in total. The Kier molecular flexibility index (Phi) is 4.08. The largest absolute Gasteiger partial charge is 0.496 e. The Morgan fingerprint density at radius 1 is 1.08 bits per heavy atom. The van der Waals surface area contributed by atoms with Gasteiger partial charge in [0.15, 0.2) is 11.3 Å². The number of aryl methyl sites for hydroxylation is 1. The molecule has 1 heterocycles. The lowest BCUT2D eigenvalue weighted by molar-refractivity contribution is 0.0598. The van der Waals surface area contributed by atoms with Gasteiger partial charge in [-0.3, -0.25) is 4.79 Å². The minimum Gasteiger partial charge on any atom is -0.496 e. The zero-order valence-corrected chi connectivity index (χ0v) is 13.6. The molecular formula is C19H16O5. The molecule has 2 aromatic carbocycles. The summed E-state index contributed by atoms with van der Waals surface area (Å²) in [4.78, 5) is 24.9. The fourth-order valence-electron chi connectivity index (χ4n) is 2.59. The summed E-state index contributed by atoms with van der Waals surface area (Å²) in [5.41, 5.74) is 1.37. The highest BCUT2D eigenvalue weighted by molar-refractivity contribution is 5.99. The number of fused-ring (bicyclic) bond motifs is 1. The minimum absolute atomic E-state index is 0.123. The number of para-hydroxylation sites is 1. The Morgan fingerprint density at radius 2 is 1.83 bits per heavy atom. The molecule has 0 radical (unpaired) electrons. The van der Waals surface area contributed by atoms with Crippen molar-refractivity contribution in [3.8, 4) is 17.1 Å². The van der Waals surface area contributed by atoms with Crippen LogP contribution in [0.1, 0.15) is 15.9 Å². The molecule has 0 saturated carbocycles. The van der Waals surface area contributed by atoms with E-state index in [0.29, 0.717) is 22.3 Å². The molecule has 0 atom stereocenters. The van der Waals surface area contributed by atoms with Crippen LogP contribution in [-0.2, 0) is 4.74 Å². The van der Waals surface area contributed by atoms with Crippen molar-refractivity contribution in [1.29, 1.82) is 0 Å². The van der Waals surface area contributed by atoms with Crippen molar-refractivity contribution < 1.29 is 18.7 Å². The van der Waals surface area contributed by atoms with Crippen LogP contribution < -0.4 is 10.2 Å². The molecule has 5 heteroatoms. The van der Waals surface area contributed by atoms with E-state index in [2.05, 4.69) is 0 Å². The van der Waals surface area contributed by atoms with Crippen LogP contribution in [0, 0.1) is 6.92 Å². The first kappa shape index (κ1) is 15.8. The van der Waals surface area contributed by atoms with Crippen LogP contribution in [0.5, 0.6) is 5.75 Å². The first-order valence-electron chi connectivity index (χ1n) is 7.36. The third-order valence-electron chi connectivity index (χ3n) is 3.86. The summed E-state index contributed by atoms with van der Waals surface area (Å²) in [6.07, 6.45) is 0. The highest BCUT2D eigenvalue weighted by atomic mass is 16.5. The van der Waals surface area contributed by atoms with Crippen molar-refractivity contribution >= 4 is 16.9 Å². The summed E-state index contributed by atoms with van der Waals surface area (Å²) in [5, 5.41) is 0.334. The molecule has 0 saturated heterocycles. The van der Waals surface area contributed by atoms with E-state index in [-0.39, 0.29) is 11.3 Å². The Labute approximate surface area is 138 Å². The summed E-state index contributed by atoms with van der Waals surface area (Å²) in [6.45, 7) is 1.90. The second-order valence-electron chi connectivity index (χ2n) is 5.31. The maximum atomic E-state index is 12.8. The highest BCUT2D eigenvalue weighted by Crippen LogP contribution is 2.30. The smallest absolute Gasteiger partial charge is 0.345 e. The molecule has 0 bridgehead atoms. The van der Waals surface area contributed by atoms with E-state index >= 15 is 0 Å². The second kappa shape index (κ2) is 6.20. The summed E-state index contributed by atoms with van der Waals surface area (Å²) < 4.78 is 16.0. The molecule has 0 aliphatic heterocycles. The average Bonchev–Trinajstić information content (AvgIpc) is 2.61. The number of carbonyl (C=O) groups is 1. The lowest BCUT2D eigenvalue weighted by atomic mass is 10.0. The van der Waals surface area contributed by atoms with Gasteiger partial charge in [-0.1, -0.05) is 24.3 Å². The van der Waals surface area contributed by atoms with Crippen LogP contribution in [0.25, 0.3) is 22.3 Å². The maximum absolute atomic E-state index is 12.8. The van der Waals surface area contributed by atoms with Gasteiger partial charge >= 0.3 is 5.97 Å². The van der Waals surface area contributed by atoms with Crippen molar-refractivity contribution in [3.63, 3.8) is 0 Å². The third-order valence-corrected chi connectivity index (χ3v) is 3.86. The van der Waals surface area contributed by atoms with Crippen LogP contribution in [0.2, 0.25) is 0 Å². The Bertz CT molecular complexity index is 985. The lowest BCUT2D eigenvalue weighted by Crippen LogP contribution is -2.18. The van der Waals surface area contributed by atoms with E-state index < -0.39 is 11.4 Å². The Hall–Kier alpha value is -3.08. The molecule has 0 aliphatic carbocycles. The number of rotatable bonds is 3. The predicted molar refractivity (Wildman–Crippen MR) is 90.5 cm³/mol. The van der Waals surface area contributed by atoms with Gasteiger partial charge in [-0.05, 0) is 30.7 Å². The van der Waals surface area contributed by atoms with E-state index in [1.807, 2.05) is 13.0 Å². The predicted octanol–water partition coefficient (Wildman–Crippen LogP) is 3.56. The number of benzene rings is 2. The Morgan fingerprint density at radius 3 is 2.54 bits per heavy atom. The monoisotopic (exact) mass is 324 g/mol. The van der Waals surface area contributed by atoms with E-state index in [4.69, 9.17) is 13.9 Å². The van der Waals surface area contributed by atoms with Crippen molar-refractivity contribution in [2.45, 2.75) is 6.92 Å². The van der Waals surface area contributed by atoms with Crippen LogP contribution in [-0.4, -0.2) is 20.2 Å². The zero-order chi connectivity index (χ0) is 17.3. The van der Waals surface area contributed by atoms with Gasteiger partial charge in [-0.2, -0.15) is 0 Å². The summed E-state index contributed by atoms with van der Waals surface area (Å²) in [6, 6.07) is 12.1. The topological polar surface area (TPSA) is 65.7 Å². The van der Waals surface area contributed by atoms with E-state index in [1.54, 1.807) is 43.5 Å². The standard InChI is InChI=1S/C19H16O5/c1-11-8-9-12(10-15(11)22-2)18-16(19(21)23-3)17(20)13-6-4-5-7-14(13)24-18/h4-10H,1-3H3. The van der Waals surface area contributed by atoms with Gasteiger partial charge < -0.3 is 13.9 Å². The molecule has 122 valence electrons. The van der Waals surface area contributed by atoms with Crippen molar-refractivity contribution in [3.05, 3.63) is 63.8 Å². The van der Waals surface area contributed by atoms with Gasteiger partial charge in [-0.15, -0.1) is 0 Å². The number of carbonyl (C=O) groups excluding carboxylic acids is 1. The third kappa shape index (κ3) is 2.54. The minimum atomic E-state index is -0.732. The molecule has 1 aromatic heterocycles. The van der Waals surface area contributed by atoms with Gasteiger partial charge in [0.05, 0.1) is 19.6 Å². The van der Waals surface area contributed by atoms with Gasteiger partial charge in [-0.25, -0.2) is 4.79 Å².